The first-order valence-electron chi connectivity index (χ1n) is 3.22. The van der Waals surface area contributed by atoms with Gasteiger partial charge in [0.25, 0.3) is 0 Å². The molecule has 0 aromatic heterocycles. The molecule has 2 N–H and O–H groups in total. The van der Waals surface area contributed by atoms with Gasteiger partial charge in [0.05, 0.1) is 5.41 Å². The van der Waals surface area contributed by atoms with Gasteiger partial charge in [-0.1, -0.05) is 0 Å². The van der Waals surface area contributed by atoms with Crippen LogP contribution in [-0.4, -0.2) is 12.2 Å². The highest BCUT2D eigenvalue weighted by Gasteiger charge is 2.65. The highest BCUT2D eigenvalue weighted by Crippen LogP contribution is 2.59. The van der Waals surface area contributed by atoms with Gasteiger partial charge in [-0.05, 0) is 19.8 Å². The quantitative estimate of drug-likeness (QED) is 0.609. The Bertz CT molecular complexity index is 134. The summed E-state index contributed by atoms with van der Waals surface area (Å²) in [4.78, 5) is 0. The van der Waals surface area contributed by atoms with Gasteiger partial charge in [-0.2, -0.15) is 13.2 Å². The Morgan fingerprint density at radius 1 is 1.40 bits per heavy atom. The zero-order valence-electron chi connectivity index (χ0n) is 5.70. The zero-order valence-corrected chi connectivity index (χ0v) is 5.70. The van der Waals surface area contributed by atoms with Crippen LogP contribution in [0.15, 0.2) is 0 Å². The topological polar surface area (TPSA) is 26.0 Å². The summed E-state index contributed by atoms with van der Waals surface area (Å²) in [5, 5.41) is 0. The lowest BCUT2D eigenvalue weighted by Crippen LogP contribution is -2.39. The van der Waals surface area contributed by atoms with Crippen molar-refractivity contribution in [1.29, 1.82) is 0 Å². The Hall–Kier alpha value is -0.250. The van der Waals surface area contributed by atoms with Crippen LogP contribution in [0.4, 0.5) is 13.2 Å². The largest absolute Gasteiger partial charge is 0.395 e. The van der Waals surface area contributed by atoms with E-state index in [-0.39, 0.29) is 12.8 Å². The molecule has 0 aromatic rings. The van der Waals surface area contributed by atoms with E-state index in [1.165, 1.54) is 6.92 Å². The van der Waals surface area contributed by atoms with Crippen LogP contribution in [0.2, 0.25) is 0 Å². The molecule has 0 amide bonds. The summed E-state index contributed by atoms with van der Waals surface area (Å²) < 4.78 is 36.2. The first kappa shape index (κ1) is 7.85. The van der Waals surface area contributed by atoms with Crippen molar-refractivity contribution < 1.29 is 13.2 Å². The SMILES string of the molecule is C[C@H](N)C1(C(F)(F)F)CC1. The van der Waals surface area contributed by atoms with Crippen molar-refractivity contribution in [2.45, 2.75) is 32.0 Å². The number of rotatable bonds is 1. The highest BCUT2D eigenvalue weighted by molar-refractivity contribution is 5.04. The van der Waals surface area contributed by atoms with Crippen molar-refractivity contribution in [3.05, 3.63) is 0 Å². The van der Waals surface area contributed by atoms with E-state index in [0.29, 0.717) is 0 Å². The molecule has 60 valence electrons. The van der Waals surface area contributed by atoms with E-state index in [2.05, 4.69) is 0 Å². The van der Waals surface area contributed by atoms with Crippen molar-refractivity contribution >= 4 is 0 Å². The van der Waals surface area contributed by atoms with E-state index < -0.39 is 17.6 Å². The molecule has 0 radical (unpaired) electrons. The van der Waals surface area contributed by atoms with Gasteiger partial charge in [-0.3, -0.25) is 0 Å². The number of alkyl halides is 3. The summed E-state index contributed by atoms with van der Waals surface area (Å²) >= 11 is 0. The van der Waals surface area contributed by atoms with Crippen LogP contribution in [-0.2, 0) is 0 Å². The highest BCUT2D eigenvalue weighted by atomic mass is 19.4. The van der Waals surface area contributed by atoms with E-state index in [9.17, 15) is 13.2 Å². The number of hydrogen-bond acceptors (Lipinski definition) is 1. The standard InChI is InChI=1S/C6H10F3N/c1-4(10)5(2-3-5)6(7,8)9/h4H,2-3,10H2,1H3/t4-/m0/s1. The normalized spacial score (nSPS) is 26.1. The molecule has 0 unspecified atom stereocenters. The smallest absolute Gasteiger partial charge is 0.327 e. The fourth-order valence-electron chi connectivity index (χ4n) is 1.13. The molecule has 0 aromatic carbocycles. The predicted octanol–water partition coefficient (Wildman–Crippen LogP) is 1.68. The van der Waals surface area contributed by atoms with Crippen LogP contribution in [0.3, 0.4) is 0 Å². The summed E-state index contributed by atoms with van der Waals surface area (Å²) in [5.74, 6) is 0. The van der Waals surface area contributed by atoms with E-state index >= 15 is 0 Å². The maximum Gasteiger partial charge on any atom is 0.395 e. The maximum absolute atomic E-state index is 12.1. The Kier molecular flexibility index (Phi) is 1.47. The van der Waals surface area contributed by atoms with Crippen LogP contribution in [0.5, 0.6) is 0 Å². The Morgan fingerprint density at radius 3 is 1.80 bits per heavy atom. The zero-order chi connectivity index (χ0) is 7.99. The Labute approximate surface area is 57.4 Å². The van der Waals surface area contributed by atoms with E-state index in [1.807, 2.05) is 0 Å². The van der Waals surface area contributed by atoms with Crippen molar-refractivity contribution in [2.75, 3.05) is 0 Å². The Morgan fingerprint density at radius 2 is 1.80 bits per heavy atom. The summed E-state index contributed by atoms with van der Waals surface area (Å²) in [6, 6.07) is -0.757. The molecule has 1 nitrogen and oxygen atoms in total. The minimum Gasteiger partial charge on any atom is -0.327 e. The van der Waals surface area contributed by atoms with Crippen LogP contribution in [0.25, 0.3) is 0 Å². The Balaban J connectivity index is 2.70. The molecule has 1 aliphatic rings. The summed E-state index contributed by atoms with van der Waals surface area (Å²) in [6.07, 6.45) is -3.69. The molecule has 0 bridgehead atoms. The van der Waals surface area contributed by atoms with Crippen LogP contribution in [0, 0.1) is 5.41 Å². The van der Waals surface area contributed by atoms with Gasteiger partial charge in [0, 0.05) is 6.04 Å². The molecule has 4 heteroatoms. The summed E-state index contributed by atoms with van der Waals surface area (Å²) in [6.45, 7) is 1.42. The van der Waals surface area contributed by atoms with Crippen LogP contribution >= 0.6 is 0 Å². The number of halogens is 3. The van der Waals surface area contributed by atoms with Gasteiger partial charge in [-0.25, -0.2) is 0 Å². The average Bonchev–Trinajstić information content (AvgIpc) is 2.36. The average molecular weight is 153 g/mol. The second-order valence-electron chi connectivity index (χ2n) is 2.94. The van der Waals surface area contributed by atoms with E-state index in [4.69, 9.17) is 5.73 Å². The van der Waals surface area contributed by atoms with Gasteiger partial charge in [0.15, 0.2) is 0 Å². The van der Waals surface area contributed by atoms with Crippen molar-refractivity contribution in [3.63, 3.8) is 0 Å². The fraction of sp³-hybridized carbons (Fsp3) is 1.00. The van der Waals surface area contributed by atoms with E-state index in [0.717, 1.165) is 0 Å². The molecular formula is C6H10F3N. The van der Waals surface area contributed by atoms with Crippen LogP contribution < -0.4 is 5.73 Å². The molecule has 0 spiro atoms. The molecule has 0 aliphatic heterocycles. The minimum absolute atomic E-state index is 0.203. The fourth-order valence-corrected chi connectivity index (χ4v) is 1.13. The van der Waals surface area contributed by atoms with Crippen molar-refractivity contribution in [3.8, 4) is 0 Å². The van der Waals surface area contributed by atoms with E-state index in [1.54, 1.807) is 0 Å². The van der Waals surface area contributed by atoms with Crippen LogP contribution in [0.1, 0.15) is 19.8 Å². The van der Waals surface area contributed by atoms with Gasteiger partial charge < -0.3 is 5.73 Å². The number of hydrogen-bond donors (Lipinski definition) is 1. The number of nitrogens with two attached hydrogens (primary N) is 1. The molecule has 1 fully saturated rings. The third kappa shape index (κ3) is 0.905. The van der Waals surface area contributed by atoms with Crippen molar-refractivity contribution in [1.82, 2.24) is 0 Å². The second-order valence-corrected chi connectivity index (χ2v) is 2.94. The first-order valence-corrected chi connectivity index (χ1v) is 3.22. The third-order valence-electron chi connectivity index (χ3n) is 2.22. The molecule has 0 heterocycles. The lowest BCUT2D eigenvalue weighted by Gasteiger charge is -2.22. The van der Waals surface area contributed by atoms with Gasteiger partial charge in [0.2, 0.25) is 0 Å². The molecule has 1 saturated carbocycles. The summed E-state index contributed by atoms with van der Waals surface area (Å²) in [7, 11) is 0. The summed E-state index contributed by atoms with van der Waals surface area (Å²) in [5.41, 5.74) is 3.66. The molecular weight excluding hydrogens is 143 g/mol. The van der Waals surface area contributed by atoms with Gasteiger partial charge in [-0.15, -0.1) is 0 Å². The monoisotopic (exact) mass is 153 g/mol. The second kappa shape index (κ2) is 1.87. The van der Waals surface area contributed by atoms with Gasteiger partial charge in [0.1, 0.15) is 0 Å². The minimum atomic E-state index is -4.10. The molecule has 0 saturated heterocycles. The lowest BCUT2D eigenvalue weighted by atomic mass is 9.98. The van der Waals surface area contributed by atoms with Gasteiger partial charge >= 0.3 is 6.18 Å². The third-order valence-corrected chi connectivity index (χ3v) is 2.22. The van der Waals surface area contributed by atoms with Crippen molar-refractivity contribution in [2.24, 2.45) is 11.1 Å². The molecule has 10 heavy (non-hydrogen) atoms. The molecule has 1 rings (SSSR count). The maximum atomic E-state index is 12.1. The first-order chi connectivity index (χ1) is 4.40. The predicted molar refractivity (Wildman–Crippen MR) is 31.4 cm³/mol. The molecule has 1 atom stereocenters. The lowest BCUT2D eigenvalue weighted by molar-refractivity contribution is -0.191. The molecule has 1 aliphatic carbocycles.